The summed E-state index contributed by atoms with van der Waals surface area (Å²) in [6, 6.07) is -0.962. The second-order valence-electron chi connectivity index (χ2n) is 20.7. The standard InChI is InChI=1S/C63H107NO13/c1-3-5-7-9-11-13-15-17-19-21-23-25-27-28-30-32-34-36-38-40-42-44-46-52(67)51(50-74-62-60(73)58(71)61(54(49-66)76-62)77-63-59(72)57(70)56(69)53(48-65)75-63)64-55(68)47-45-43-41-39-37-35-33-31-29-26-24-22-20-18-16-14-12-10-8-6-4-2/h6,8,12,14,18,20,24,26,31,33,36-39,44,46,51-54,56-63,65-67,69-73H,3-5,7,9-11,13,15-17,19,21-23,25,27-30,32,34-35,40-43,45,47-50H2,1-2H3,(H,64,68)/b8-6-,14-12-,20-18-,26-24-,33-31-,38-36+,39-37-,46-44+. The molecule has 0 saturated carbocycles. The summed E-state index contributed by atoms with van der Waals surface area (Å²) < 4.78 is 22.7. The van der Waals surface area contributed by atoms with Crippen LogP contribution in [0.5, 0.6) is 0 Å². The highest BCUT2D eigenvalue weighted by Gasteiger charge is 2.51. The van der Waals surface area contributed by atoms with E-state index in [0.717, 1.165) is 64.2 Å². The third kappa shape index (κ3) is 33.3. The number of allylic oxidation sites excluding steroid dienone is 15. The molecule has 14 nitrogen and oxygen atoms in total. The maximum absolute atomic E-state index is 13.2. The van der Waals surface area contributed by atoms with Crippen LogP contribution in [0.4, 0.5) is 0 Å². The van der Waals surface area contributed by atoms with Crippen LogP contribution in [0.3, 0.4) is 0 Å². The molecular formula is C63H107NO13. The molecule has 0 bridgehead atoms. The van der Waals surface area contributed by atoms with Crippen molar-refractivity contribution >= 4 is 5.91 Å². The number of unbranched alkanes of at least 4 members (excludes halogenated alkanes) is 19. The molecule has 0 aromatic rings. The molecule has 2 saturated heterocycles. The van der Waals surface area contributed by atoms with Gasteiger partial charge < -0.3 is 65.1 Å². The van der Waals surface area contributed by atoms with Gasteiger partial charge in [0.15, 0.2) is 12.6 Å². The van der Waals surface area contributed by atoms with Gasteiger partial charge in [-0.2, -0.15) is 0 Å². The number of carbonyl (C=O) groups excluding carboxylic acids is 1. The second kappa shape index (κ2) is 47.7. The normalized spacial score (nSPS) is 25.4. The average molecular weight is 1090 g/mol. The molecule has 0 spiro atoms. The van der Waals surface area contributed by atoms with E-state index in [2.05, 4.69) is 104 Å². The lowest BCUT2D eigenvalue weighted by atomic mass is 9.97. The van der Waals surface area contributed by atoms with Crippen LogP contribution >= 0.6 is 0 Å². The van der Waals surface area contributed by atoms with Gasteiger partial charge in [-0.3, -0.25) is 4.79 Å². The Bertz CT molecular complexity index is 1660. The van der Waals surface area contributed by atoms with Crippen molar-refractivity contribution in [3.8, 4) is 0 Å². The van der Waals surface area contributed by atoms with Crippen LogP contribution in [0, 0.1) is 0 Å². The Hall–Kier alpha value is -3.09. The average Bonchev–Trinajstić information content (AvgIpc) is 3.44. The Morgan fingerprint density at radius 3 is 1.43 bits per heavy atom. The van der Waals surface area contributed by atoms with E-state index >= 15 is 0 Å². The van der Waals surface area contributed by atoms with E-state index in [1.54, 1.807) is 6.08 Å². The number of nitrogens with one attached hydrogen (secondary N) is 1. The van der Waals surface area contributed by atoms with Crippen molar-refractivity contribution in [2.24, 2.45) is 0 Å². The van der Waals surface area contributed by atoms with Crippen molar-refractivity contribution in [3.05, 3.63) is 97.2 Å². The van der Waals surface area contributed by atoms with Gasteiger partial charge in [-0.25, -0.2) is 0 Å². The van der Waals surface area contributed by atoms with Gasteiger partial charge in [0.2, 0.25) is 5.91 Å². The van der Waals surface area contributed by atoms with Crippen LogP contribution in [0.2, 0.25) is 0 Å². The SMILES string of the molecule is CC/C=C\C/C=C\C/C=C\C/C=C\C/C=C\C/C=C\CCCCC(=O)NC(COC1OC(CO)C(OC2OC(CO)C(O)C(O)C2O)C(O)C1O)C(O)/C=C/CC/C=C/CCCCCCCCCCCCCCCCCC. The minimum absolute atomic E-state index is 0.213. The van der Waals surface area contributed by atoms with E-state index in [1.807, 2.05) is 6.08 Å². The van der Waals surface area contributed by atoms with Crippen molar-refractivity contribution in [2.45, 2.75) is 274 Å². The molecule has 14 heteroatoms. The molecule has 2 fully saturated rings. The summed E-state index contributed by atoms with van der Waals surface area (Å²) >= 11 is 0. The topological polar surface area (TPSA) is 228 Å². The third-order valence-corrected chi connectivity index (χ3v) is 14.0. The van der Waals surface area contributed by atoms with Crippen molar-refractivity contribution in [3.63, 3.8) is 0 Å². The summed E-state index contributed by atoms with van der Waals surface area (Å²) in [6.45, 7) is 2.63. The summed E-state index contributed by atoms with van der Waals surface area (Å²) in [5, 5.41) is 87.1. The minimum Gasteiger partial charge on any atom is -0.394 e. The van der Waals surface area contributed by atoms with E-state index in [0.29, 0.717) is 12.8 Å². The van der Waals surface area contributed by atoms with E-state index in [9.17, 15) is 45.6 Å². The predicted molar refractivity (Wildman–Crippen MR) is 309 cm³/mol. The number of hydrogen-bond donors (Lipinski definition) is 9. The first-order chi connectivity index (χ1) is 37.6. The molecule has 0 radical (unpaired) electrons. The monoisotopic (exact) mass is 1090 g/mol. The zero-order chi connectivity index (χ0) is 56.0. The number of hydrogen-bond acceptors (Lipinski definition) is 13. The van der Waals surface area contributed by atoms with Gasteiger partial charge in [-0.15, -0.1) is 0 Å². The first-order valence-corrected chi connectivity index (χ1v) is 30.0. The highest BCUT2D eigenvalue weighted by molar-refractivity contribution is 5.76. The zero-order valence-electron chi connectivity index (χ0n) is 47.4. The van der Waals surface area contributed by atoms with E-state index < -0.39 is 86.8 Å². The van der Waals surface area contributed by atoms with Crippen LogP contribution < -0.4 is 5.32 Å². The molecule has 77 heavy (non-hydrogen) atoms. The number of amides is 1. The molecule has 2 heterocycles. The number of carbonyl (C=O) groups is 1. The van der Waals surface area contributed by atoms with Crippen LogP contribution in [0.25, 0.3) is 0 Å². The number of rotatable bonds is 46. The van der Waals surface area contributed by atoms with Gasteiger partial charge in [0.05, 0.1) is 32.0 Å². The number of aliphatic hydroxyl groups excluding tert-OH is 8. The summed E-state index contributed by atoms with van der Waals surface area (Å²) in [5.41, 5.74) is 0. The Balaban J connectivity index is 1.82. The fraction of sp³-hybridized carbons (Fsp3) is 0.730. The molecule has 1 amide bonds. The largest absolute Gasteiger partial charge is 0.394 e. The number of aliphatic hydroxyl groups is 8. The summed E-state index contributed by atoms with van der Waals surface area (Å²) in [6.07, 6.45) is 48.8. The lowest BCUT2D eigenvalue weighted by Gasteiger charge is -2.46. The van der Waals surface area contributed by atoms with Crippen LogP contribution in [0.1, 0.15) is 200 Å². The molecular weight excluding hydrogens is 979 g/mol. The van der Waals surface area contributed by atoms with Gasteiger partial charge in [-0.1, -0.05) is 207 Å². The second-order valence-corrected chi connectivity index (χ2v) is 20.7. The lowest BCUT2D eigenvalue weighted by molar-refractivity contribution is -0.359. The summed E-state index contributed by atoms with van der Waals surface area (Å²) in [5.74, 6) is -0.294. The van der Waals surface area contributed by atoms with Gasteiger partial charge in [0.1, 0.15) is 48.8 Å². The van der Waals surface area contributed by atoms with Crippen LogP contribution in [-0.2, 0) is 23.7 Å². The maximum atomic E-state index is 13.2. The van der Waals surface area contributed by atoms with Gasteiger partial charge in [0, 0.05) is 6.42 Å². The molecule has 2 aliphatic heterocycles. The Morgan fingerprint density at radius 2 is 0.909 bits per heavy atom. The Morgan fingerprint density at radius 1 is 0.481 bits per heavy atom. The predicted octanol–water partition coefficient (Wildman–Crippen LogP) is 10.3. The number of ether oxygens (including phenoxy) is 4. The van der Waals surface area contributed by atoms with Gasteiger partial charge in [-0.05, 0) is 83.5 Å². The minimum atomic E-state index is -1.80. The van der Waals surface area contributed by atoms with Gasteiger partial charge in [0.25, 0.3) is 0 Å². The zero-order valence-corrected chi connectivity index (χ0v) is 47.4. The molecule has 0 aromatic heterocycles. The molecule has 12 atom stereocenters. The molecule has 2 aliphatic rings. The summed E-state index contributed by atoms with van der Waals surface area (Å²) in [4.78, 5) is 13.2. The molecule has 12 unspecified atom stereocenters. The van der Waals surface area contributed by atoms with Crippen molar-refractivity contribution in [2.75, 3.05) is 19.8 Å². The van der Waals surface area contributed by atoms with Crippen LogP contribution in [-0.4, -0.2) is 140 Å². The van der Waals surface area contributed by atoms with Crippen molar-refractivity contribution in [1.82, 2.24) is 5.32 Å². The van der Waals surface area contributed by atoms with Gasteiger partial charge >= 0.3 is 0 Å². The third-order valence-electron chi connectivity index (χ3n) is 14.0. The Kier molecular flexibility index (Phi) is 43.4. The fourth-order valence-electron chi connectivity index (χ4n) is 9.19. The molecule has 9 N–H and O–H groups in total. The lowest BCUT2D eigenvalue weighted by Crippen LogP contribution is -2.65. The van der Waals surface area contributed by atoms with Crippen LogP contribution in [0.15, 0.2) is 97.2 Å². The smallest absolute Gasteiger partial charge is 0.220 e. The first-order valence-electron chi connectivity index (χ1n) is 30.0. The molecule has 0 aromatic carbocycles. The Labute approximate surface area is 464 Å². The fourth-order valence-corrected chi connectivity index (χ4v) is 9.19. The van der Waals surface area contributed by atoms with E-state index in [4.69, 9.17) is 18.9 Å². The quantitative estimate of drug-likeness (QED) is 0.0205. The first kappa shape index (κ1) is 70.0. The highest BCUT2D eigenvalue weighted by atomic mass is 16.7. The van der Waals surface area contributed by atoms with Crippen molar-refractivity contribution < 1.29 is 64.6 Å². The van der Waals surface area contributed by atoms with E-state index in [-0.39, 0.29) is 18.9 Å². The molecule has 442 valence electrons. The summed E-state index contributed by atoms with van der Waals surface area (Å²) in [7, 11) is 0. The van der Waals surface area contributed by atoms with E-state index in [1.165, 1.54) is 103 Å². The van der Waals surface area contributed by atoms with Crippen molar-refractivity contribution in [1.29, 1.82) is 0 Å². The molecule has 2 rings (SSSR count). The maximum Gasteiger partial charge on any atom is 0.220 e. The molecule has 0 aliphatic carbocycles. The highest BCUT2D eigenvalue weighted by Crippen LogP contribution is 2.30.